The number of H-pyrrole nitrogens is 1. The number of nitrogens with zero attached hydrogens (tertiary/aromatic N) is 3. The van der Waals surface area contributed by atoms with Gasteiger partial charge >= 0.3 is 0 Å². The summed E-state index contributed by atoms with van der Waals surface area (Å²) < 4.78 is 14.7. The average molecular weight is 448 g/mol. The maximum absolute atomic E-state index is 14.7. The number of carbonyl (C=O) groups excluding carboxylic acids is 1. The molecule has 1 aliphatic heterocycles. The molecular formula is C24H19ClFN5O. The zero-order chi connectivity index (χ0) is 22.2. The fraction of sp³-hybridized carbons (Fsp3) is 0.125. The van der Waals surface area contributed by atoms with Crippen molar-refractivity contribution in [2.45, 2.75) is 13.0 Å². The van der Waals surface area contributed by atoms with E-state index in [0.29, 0.717) is 35.6 Å². The summed E-state index contributed by atoms with van der Waals surface area (Å²) in [7, 11) is 0. The molecule has 0 spiro atoms. The Morgan fingerprint density at radius 1 is 1.12 bits per heavy atom. The number of hydrogen-bond donors (Lipinski definition) is 2. The van der Waals surface area contributed by atoms with Crippen molar-refractivity contribution in [3.05, 3.63) is 88.6 Å². The van der Waals surface area contributed by atoms with E-state index in [0.717, 1.165) is 12.0 Å². The van der Waals surface area contributed by atoms with E-state index in [1.165, 1.54) is 17.8 Å². The number of benzene rings is 2. The van der Waals surface area contributed by atoms with Crippen molar-refractivity contribution >= 4 is 23.5 Å². The van der Waals surface area contributed by atoms with Gasteiger partial charge in [-0.1, -0.05) is 48.0 Å². The Hall–Kier alpha value is -3.71. The molecule has 160 valence electrons. The van der Waals surface area contributed by atoms with Gasteiger partial charge in [-0.3, -0.25) is 4.79 Å². The van der Waals surface area contributed by atoms with E-state index in [4.69, 9.17) is 17.3 Å². The highest BCUT2D eigenvalue weighted by Crippen LogP contribution is 2.34. The predicted molar refractivity (Wildman–Crippen MR) is 122 cm³/mol. The summed E-state index contributed by atoms with van der Waals surface area (Å²) >= 11 is 5.96. The molecule has 1 aliphatic rings. The van der Waals surface area contributed by atoms with E-state index in [2.05, 4.69) is 21.0 Å². The number of amides is 1. The molecule has 0 saturated carbocycles. The number of aromatic nitrogens is 3. The fourth-order valence-corrected chi connectivity index (χ4v) is 4.19. The molecule has 0 radical (unpaired) electrons. The number of rotatable bonds is 3. The van der Waals surface area contributed by atoms with Crippen LogP contribution in [0.1, 0.15) is 21.6 Å². The Balaban J connectivity index is 1.48. The molecule has 0 aliphatic carbocycles. The van der Waals surface area contributed by atoms with Crippen LogP contribution >= 0.6 is 11.6 Å². The molecule has 8 heteroatoms. The van der Waals surface area contributed by atoms with Gasteiger partial charge in [-0.05, 0) is 29.7 Å². The van der Waals surface area contributed by atoms with Crippen LogP contribution in [0.15, 0.2) is 60.9 Å². The summed E-state index contributed by atoms with van der Waals surface area (Å²) in [6.07, 6.45) is 3.94. The highest BCUT2D eigenvalue weighted by atomic mass is 35.5. The van der Waals surface area contributed by atoms with E-state index in [1.807, 2.05) is 23.1 Å². The molecule has 1 amide bonds. The number of carbonyl (C=O) groups is 1. The highest BCUT2D eigenvalue weighted by Gasteiger charge is 2.24. The van der Waals surface area contributed by atoms with Gasteiger partial charge in [0, 0.05) is 42.2 Å². The number of halogens is 2. The number of anilines is 1. The van der Waals surface area contributed by atoms with Crippen LogP contribution in [0.5, 0.6) is 0 Å². The van der Waals surface area contributed by atoms with Gasteiger partial charge in [0.1, 0.15) is 11.5 Å². The van der Waals surface area contributed by atoms with Crippen LogP contribution in [0.3, 0.4) is 0 Å². The number of hydrogen-bond acceptors (Lipinski definition) is 4. The van der Waals surface area contributed by atoms with Crippen molar-refractivity contribution < 1.29 is 9.18 Å². The van der Waals surface area contributed by atoms with Crippen molar-refractivity contribution in [1.82, 2.24) is 19.9 Å². The largest absolute Gasteiger partial charge is 0.368 e. The first kappa shape index (κ1) is 20.2. The van der Waals surface area contributed by atoms with Crippen molar-refractivity contribution in [3.63, 3.8) is 0 Å². The number of nitrogen functional groups attached to an aromatic ring is 1. The minimum Gasteiger partial charge on any atom is -0.368 e. The molecule has 0 fully saturated rings. The van der Waals surface area contributed by atoms with Crippen molar-refractivity contribution in [1.29, 1.82) is 0 Å². The quantitative estimate of drug-likeness (QED) is 0.476. The zero-order valence-electron chi connectivity index (χ0n) is 17.0. The van der Waals surface area contributed by atoms with Gasteiger partial charge in [0.2, 0.25) is 5.95 Å². The monoisotopic (exact) mass is 447 g/mol. The normalized spacial score (nSPS) is 13.1. The Labute approximate surface area is 188 Å². The molecule has 0 atom stereocenters. The standard InChI is InChI=1S/C24H19ClFN5O/c25-19-7-3-6-17(21(19)26)18-12-29-24(27)30-22(18)16-10-20(28-11-16)23(32)31-9-8-14-4-1-2-5-15(14)13-31/h1-7,10-12,28H,8-9,13H2,(H2,27,29,30). The van der Waals surface area contributed by atoms with E-state index in [-0.39, 0.29) is 22.4 Å². The summed E-state index contributed by atoms with van der Waals surface area (Å²) in [4.78, 5) is 26.3. The molecule has 0 unspecified atom stereocenters. The summed E-state index contributed by atoms with van der Waals surface area (Å²) in [5.74, 6) is -0.626. The Kier molecular flexibility index (Phi) is 5.11. The Morgan fingerprint density at radius 3 is 2.78 bits per heavy atom. The van der Waals surface area contributed by atoms with Gasteiger partial charge in [-0.15, -0.1) is 0 Å². The second-order valence-electron chi connectivity index (χ2n) is 7.64. The summed E-state index contributed by atoms with van der Waals surface area (Å²) in [6, 6.07) is 14.6. The number of nitrogens with two attached hydrogens (primary N) is 1. The fourth-order valence-electron chi connectivity index (χ4n) is 4.02. The van der Waals surface area contributed by atoms with Gasteiger partial charge in [0.15, 0.2) is 0 Å². The lowest BCUT2D eigenvalue weighted by Crippen LogP contribution is -2.36. The average Bonchev–Trinajstić information content (AvgIpc) is 3.30. The number of aromatic amines is 1. The molecule has 0 saturated heterocycles. The first-order chi connectivity index (χ1) is 15.5. The first-order valence-corrected chi connectivity index (χ1v) is 10.5. The third kappa shape index (κ3) is 3.61. The van der Waals surface area contributed by atoms with Crippen LogP contribution in [0.2, 0.25) is 5.02 Å². The van der Waals surface area contributed by atoms with E-state index >= 15 is 0 Å². The van der Waals surface area contributed by atoms with Gasteiger partial charge in [0.05, 0.1) is 10.7 Å². The van der Waals surface area contributed by atoms with Crippen LogP contribution in [0, 0.1) is 5.82 Å². The molecule has 4 aromatic rings. The molecule has 2 aromatic heterocycles. The van der Waals surface area contributed by atoms with Gasteiger partial charge in [-0.25, -0.2) is 14.4 Å². The van der Waals surface area contributed by atoms with Crippen LogP contribution in [-0.2, 0) is 13.0 Å². The second kappa shape index (κ2) is 8.09. The second-order valence-corrected chi connectivity index (χ2v) is 8.05. The van der Waals surface area contributed by atoms with E-state index in [9.17, 15) is 9.18 Å². The lowest BCUT2D eigenvalue weighted by atomic mass is 9.99. The molecule has 2 aromatic carbocycles. The van der Waals surface area contributed by atoms with Crippen molar-refractivity contribution in [2.24, 2.45) is 0 Å². The first-order valence-electron chi connectivity index (χ1n) is 10.1. The lowest BCUT2D eigenvalue weighted by Gasteiger charge is -2.28. The molecule has 6 nitrogen and oxygen atoms in total. The molecule has 3 N–H and O–H groups in total. The van der Waals surface area contributed by atoms with Gasteiger partial charge < -0.3 is 15.6 Å². The van der Waals surface area contributed by atoms with Crippen LogP contribution in [0.25, 0.3) is 22.4 Å². The van der Waals surface area contributed by atoms with Crippen molar-refractivity contribution in [2.75, 3.05) is 12.3 Å². The van der Waals surface area contributed by atoms with E-state index in [1.54, 1.807) is 24.4 Å². The topological polar surface area (TPSA) is 87.9 Å². The molecule has 5 rings (SSSR count). The minimum absolute atomic E-state index is 0.000546. The predicted octanol–water partition coefficient (Wildman–Crippen LogP) is 4.71. The lowest BCUT2D eigenvalue weighted by molar-refractivity contribution is 0.0729. The maximum atomic E-state index is 14.7. The maximum Gasteiger partial charge on any atom is 0.270 e. The van der Waals surface area contributed by atoms with Crippen molar-refractivity contribution in [3.8, 4) is 22.4 Å². The van der Waals surface area contributed by atoms with Gasteiger partial charge in [-0.2, -0.15) is 0 Å². The van der Waals surface area contributed by atoms with Crippen LogP contribution in [-0.4, -0.2) is 32.3 Å². The Morgan fingerprint density at radius 2 is 1.94 bits per heavy atom. The molecule has 32 heavy (non-hydrogen) atoms. The molecular weight excluding hydrogens is 429 g/mol. The highest BCUT2D eigenvalue weighted by molar-refractivity contribution is 6.31. The minimum atomic E-state index is -0.567. The zero-order valence-corrected chi connectivity index (χ0v) is 17.7. The van der Waals surface area contributed by atoms with Crippen LogP contribution < -0.4 is 5.73 Å². The molecule has 3 heterocycles. The summed E-state index contributed by atoms with van der Waals surface area (Å²) in [5, 5.41) is 0.000546. The molecule has 0 bridgehead atoms. The van der Waals surface area contributed by atoms with E-state index < -0.39 is 5.82 Å². The third-order valence-corrected chi connectivity index (χ3v) is 5.95. The number of fused-ring (bicyclic) bond motifs is 1. The number of nitrogens with one attached hydrogen (secondary N) is 1. The smallest absolute Gasteiger partial charge is 0.270 e. The van der Waals surface area contributed by atoms with Crippen LogP contribution in [0.4, 0.5) is 10.3 Å². The summed E-state index contributed by atoms with van der Waals surface area (Å²) in [6.45, 7) is 1.20. The Bertz CT molecular complexity index is 1340. The summed E-state index contributed by atoms with van der Waals surface area (Å²) in [5.41, 5.74) is 10.4. The SMILES string of the molecule is Nc1ncc(-c2cccc(Cl)c2F)c(-c2c[nH]c(C(=O)N3CCc4ccccc4C3)c2)n1. The third-order valence-electron chi connectivity index (χ3n) is 5.65. The van der Waals surface area contributed by atoms with Gasteiger partial charge in [0.25, 0.3) is 5.91 Å².